The van der Waals surface area contributed by atoms with Crippen LogP contribution in [0.5, 0.6) is 0 Å². The monoisotopic (exact) mass is 366 g/mol. The van der Waals surface area contributed by atoms with Crippen LogP contribution in [-0.2, 0) is 13.0 Å². The number of halogens is 2. The van der Waals surface area contributed by atoms with Crippen molar-refractivity contribution >= 4 is 28.5 Å². The number of hydrogen-bond donors (Lipinski definition) is 2. The van der Waals surface area contributed by atoms with E-state index >= 15 is 0 Å². The van der Waals surface area contributed by atoms with Crippen LogP contribution in [0.25, 0.3) is 11.0 Å². The Morgan fingerprint density at radius 3 is 2.81 bits per heavy atom. The first-order valence-corrected chi connectivity index (χ1v) is 8.60. The van der Waals surface area contributed by atoms with Gasteiger partial charge in [0.25, 0.3) is 0 Å². The van der Waals surface area contributed by atoms with Crippen molar-refractivity contribution in [3.8, 4) is 0 Å². The molecule has 0 aliphatic carbocycles. The molecule has 0 saturated heterocycles. The second-order valence-corrected chi connectivity index (χ2v) is 6.51. The van der Waals surface area contributed by atoms with Crippen molar-refractivity contribution in [2.45, 2.75) is 13.0 Å². The first-order valence-electron chi connectivity index (χ1n) is 8.22. The zero-order chi connectivity index (χ0) is 17.9. The van der Waals surface area contributed by atoms with Crippen molar-refractivity contribution < 1.29 is 4.39 Å². The molecule has 0 atom stereocenters. The van der Waals surface area contributed by atoms with E-state index in [2.05, 4.69) is 26.3 Å². The van der Waals surface area contributed by atoms with Crippen LogP contribution >= 0.6 is 11.6 Å². The minimum Gasteiger partial charge on any atom is -0.366 e. The van der Waals surface area contributed by atoms with E-state index in [1.165, 1.54) is 17.7 Å². The van der Waals surface area contributed by atoms with Crippen LogP contribution in [-0.4, -0.2) is 15.0 Å². The maximum atomic E-state index is 13.4. The third-order valence-electron chi connectivity index (χ3n) is 4.15. The highest BCUT2D eigenvalue weighted by molar-refractivity contribution is 6.30. The van der Waals surface area contributed by atoms with Gasteiger partial charge in [-0.05, 0) is 53.1 Å². The molecule has 0 aliphatic rings. The van der Waals surface area contributed by atoms with E-state index in [4.69, 9.17) is 11.6 Å². The van der Waals surface area contributed by atoms with Crippen LogP contribution in [0.4, 0.5) is 10.2 Å². The minimum absolute atomic E-state index is 0.342. The molecule has 3 heterocycles. The average Bonchev–Trinajstić information content (AvgIpc) is 3.04. The lowest BCUT2D eigenvalue weighted by molar-refractivity contribution is 0.626. The molecule has 4 rings (SSSR count). The molecule has 0 saturated carbocycles. The van der Waals surface area contributed by atoms with Gasteiger partial charge >= 0.3 is 0 Å². The highest BCUT2D eigenvalue weighted by atomic mass is 35.5. The summed E-state index contributed by atoms with van der Waals surface area (Å²) in [5.74, 6) is 0.389. The topological polar surface area (TPSA) is 53.6 Å². The zero-order valence-electron chi connectivity index (χ0n) is 13.8. The quantitative estimate of drug-likeness (QED) is 0.525. The van der Waals surface area contributed by atoms with Crippen molar-refractivity contribution in [2.75, 3.05) is 5.32 Å². The number of hydrogen-bond acceptors (Lipinski definition) is 3. The molecule has 0 fully saturated rings. The van der Waals surface area contributed by atoms with E-state index in [1.807, 2.05) is 30.6 Å². The fraction of sp³-hybridized carbons (Fsp3) is 0.100. The maximum absolute atomic E-state index is 13.4. The fourth-order valence-corrected chi connectivity index (χ4v) is 3.16. The molecular formula is C20H16ClFN4. The molecule has 1 aromatic carbocycles. The summed E-state index contributed by atoms with van der Waals surface area (Å²) >= 11 is 5.87. The molecule has 0 amide bonds. The Hall–Kier alpha value is -2.92. The standard InChI is InChI=1S/C20H16ClFN4/c21-16-7-14(8-17(22)9-16)11-25-19-4-3-13(10-24-19)6-15-12-26-20-18(15)2-1-5-23-20/h1-5,7-10,12H,6,11H2,(H,23,26)(H,24,25). The van der Waals surface area contributed by atoms with E-state index < -0.39 is 0 Å². The Kier molecular flexibility index (Phi) is 4.54. The summed E-state index contributed by atoms with van der Waals surface area (Å²) in [4.78, 5) is 11.9. The highest BCUT2D eigenvalue weighted by Gasteiger charge is 2.06. The molecule has 4 nitrogen and oxygen atoms in total. The largest absolute Gasteiger partial charge is 0.366 e. The highest BCUT2D eigenvalue weighted by Crippen LogP contribution is 2.20. The van der Waals surface area contributed by atoms with E-state index in [9.17, 15) is 4.39 Å². The Morgan fingerprint density at radius 2 is 2.00 bits per heavy atom. The van der Waals surface area contributed by atoms with E-state index in [1.54, 1.807) is 12.3 Å². The van der Waals surface area contributed by atoms with E-state index in [0.29, 0.717) is 11.6 Å². The molecule has 0 spiro atoms. The minimum atomic E-state index is -0.342. The second kappa shape index (κ2) is 7.14. The molecule has 0 bridgehead atoms. The number of fused-ring (bicyclic) bond motifs is 1. The first kappa shape index (κ1) is 16.5. The van der Waals surface area contributed by atoms with Gasteiger partial charge in [-0.25, -0.2) is 14.4 Å². The number of aromatic nitrogens is 3. The number of benzene rings is 1. The summed E-state index contributed by atoms with van der Waals surface area (Å²) < 4.78 is 13.4. The number of nitrogens with one attached hydrogen (secondary N) is 2. The van der Waals surface area contributed by atoms with Gasteiger partial charge in [0.05, 0.1) is 0 Å². The van der Waals surface area contributed by atoms with E-state index in [0.717, 1.165) is 34.4 Å². The number of rotatable bonds is 5. The SMILES string of the molecule is Fc1cc(Cl)cc(CNc2ccc(Cc3c[nH]c4ncccc34)cn2)c1. The second-order valence-electron chi connectivity index (χ2n) is 6.07. The molecule has 0 unspecified atom stereocenters. The van der Waals surface area contributed by atoms with Gasteiger partial charge in [-0.2, -0.15) is 0 Å². The predicted octanol–water partition coefficient (Wildman–Crippen LogP) is 4.95. The number of aromatic amines is 1. The molecule has 6 heteroatoms. The summed E-state index contributed by atoms with van der Waals surface area (Å²) in [6.45, 7) is 0.456. The summed E-state index contributed by atoms with van der Waals surface area (Å²) in [6.07, 6.45) is 6.38. The van der Waals surface area contributed by atoms with Crippen LogP contribution < -0.4 is 5.32 Å². The van der Waals surface area contributed by atoms with Crippen LogP contribution in [0.3, 0.4) is 0 Å². The van der Waals surface area contributed by atoms with Crippen molar-refractivity contribution in [1.29, 1.82) is 0 Å². The lowest BCUT2D eigenvalue weighted by Gasteiger charge is -2.07. The molecule has 0 aliphatic heterocycles. The molecule has 130 valence electrons. The number of pyridine rings is 2. The lowest BCUT2D eigenvalue weighted by Crippen LogP contribution is -2.02. The third kappa shape index (κ3) is 3.68. The normalized spacial score (nSPS) is 11.0. The van der Waals surface area contributed by atoms with Gasteiger partial charge < -0.3 is 10.3 Å². The number of anilines is 1. The molecule has 4 aromatic rings. The van der Waals surface area contributed by atoms with Crippen LogP contribution in [0.2, 0.25) is 5.02 Å². The van der Waals surface area contributed by atoms with Crippen LogP contribution in [0, 0.1) is 5.82 Å². The third-order valence-corrected chi connectivity index (χ3v) is 4.37. The van der Waals surface area contributed by atoms with Crippen molar-refractivity contribution in [3.05, 3.63) is 88.6 Å². The molecule has 0 radical (unpaired) electrons. The fourth-order valence-electron chi connectivity index (χ4n) is 2.92. The van der Waals surface area contributed by atoms with Crippen LogP contribution in [0.15, 0.2) is 61.1 Å². The smallest absolute Gasteiger partial charge is 0.137 e. The molecule has 26 heavy (non-hydrogen) atoms. The van der Waals surface area contributed by atoms with Gasteiger partial charge in [0.1, 0.15) is 17.3 Å². The molecule has 3 aromatic heterocycles. The Labute approximate surface area is 155 Å². The van der Waals surface area contributed by atoms with Crippen LogP contribution in [0.1, 0.15) is 16.7 Å². The maximum Gasteiger partial charge on any atom is 0.137 e. The van der Waals surface area contributed by atoms with Gasteiger partial charge in [0.15, 0.2) is 0 Å². The van der Waals surface area contributed by atoms with Gasteiger partial charge in [0.2, 0.25) is 0 Å². The lowest BCUT2D eigenvalue weighted by atomic mass is 10.1. The zero-order valence-corrected chi connectivity index (χ0v) is 14.6. The predicted molar refractivity (Wildman–Crippen MR) is 102 cm³/mol. The number of H-pyrrole nitrogens is 1. The van der Waals surface area contributed by atoms with Gasteiger partial charge in [0, 0.05) is 42.0 Å². The van der Waals surface area contributed by atoms with Crippen molar-refractivity contribution in [1.82, 2.24) is 15.0 Å². The summed E-state index contributed by atoms with van der Waals surface area (Å²) in [6, 6.07) is 12.4. The van der Waals surface area contributed by atoms with Gasteiger partial charge in [-0.3, -0.25) is 0 Å². The van der Waals surface area contributed by atoms with Gasteiger partial charge in [-0.1, -0.05) is 17.7 Å². The Balaban J connectivity index is 1.43. The average molecular weight is 367 g/mol. The van der Waals surface area contributed by atoms with Gasteiger partial charge in [-0.15, -0.1) is 0 Å². The summed E-state index contributed by atoms with van der Waals surface area (Å²) in [7, 11) is 0. The van der Waals surface area contributed by atoms with E-state index in [-0.39, 0.29) is 5.82 Å². The molecular weight excluding hydrogens is 351 g/mol. The first-order chi connectivity index (χ1) is 12.7. The molecule has 2 N–H and O–H groups in total. The Bertz CT molecular complexity index is 1020. The summed E-state index contributed by atoms with van der Waals surface area (Å²) in [5.41, 5.74) is 3.95. The van der Waals surface area contributed by atoms with Crippen molar-refractivity contribution in [3.63, 3.8) is 0 Å². The van der Waals surface area contributed by atoms with Crippen molar-refractivity contribution in [2.24, 2.45) is 0 Å². The Morgan fingerprint density at radius 1 is 1.08 bits per heavy atom. The summed E-state index contributed by atoms with van der Waals surface area (Å²) in [5, 5.41) is 4.69. The number of nitrogens with zero attached hydrogens (tertiary/aromatic N) is 2.